The lowest BCUT2D eigenvalue weighted by Gasteiger charge is -2.23. The van der Waals surface area contributed by atoms with Gasteiger partial charge in [0.1, 0.15) is 12.6 Å². The molecule has 42 heavy (non-hydrogen) atoms. The number of aryl methyl sites for hydroxylation is 1. The summed E-state index contributed by atoms with van der Waals surface area (Å²) in [6.45, 7) is 28.5. The number of rotatable bonds is 5. The monoisotopic (exact) mass is 572 g/mol. The summed E-state index contributed by atoms with van der Waals surface area (Å²) < 4.78 is 0. The highest BCUT2D eigenvalue weighted by Gasteiger charge is 2.28. The first-order valence-corrected chi connectivity index (χ1v) is 14.4. The number of nitrogens with zero attached hydrogens (tertiary/aromatic N) is 1. The van der Waals surface area contributed by atoms with Crippen molar-refractivity contribution in [1.29, 1.82) is 0 Å². The molecule has 3 aromatic rings. The largest absolute Gasteiger partial charge is 0.352 e. The second-order valence-corrected chi connectivity index (χ2v) is 8.02. The SMILES string of the molecule is C=C1C(=O)C(Nc2ccncc2)=C1C.C=CC.C=O.CC.CC.CC.CC(=O)Cc1ccc(-c2cccc(C)c2)cc1. The van der Waals surface area contributed by atoms with Crippen LogP contribution >= 0.6 is 0 Å². The molecule has 5 heteroatoms. The third-order valence-corrected chi connectivity index (χ3v) is 5.04. The molecule has 0 unspecified atom stereocenters. The lowest BCUT2D eigenvalue weighted by Crippen LogP contribution is -2.25. The molecule has 1 N–H and O–H groups in total. The van der Waals surface area contributed by atoms with E-state index in [4.69, 9.17) is 4.79 Å². The molecular formula is C37H52N2O3. The Morgan fingerprint density at radius 2 is 1.36 bits per heavy atom. The summed E-state index contributed by atoms with van der Waals surface area (Å²) in [5.74, 6) is 0.201. The van der Waals surface area contributed by atoms with Crippen molar-refractivity contribution in [2.75, 3.05) is 5.32 Å². The number of Topliss-reactive ketones (excluding diaryl/α,β-unsaturated/α-hetero) is 2. The molecule has 228 valence electrons. The predicted octanol–water partition coefficient (Wildman–Crippen LogP) is 9.79. The van der Waals surface area contributed by atoms with Crippen molar-refractivity contribution in [2.45, 2.75) is 75.7 Å². The van der Waals surface area contributed by atoms with Crippen LogP contribution < -0.4 is 5.32 Å². The van der Waals surface area contributed by atoms with E-state index in [9.17, 15) is 9.59 Å². The Labute approximate surface area is 255 Å². The minimum absolute atomic E-state index is 0.000637. The average Bonchev–Trinajstić information content (AvgIpc) is 3.04. The van der Waals surface area contributed by atoms with Crippen LogP contribution in [0.3, 0.4) is 0 Å². The smallest absolute Gasteiger partial charge is 0.209 e. The highest BCUT2D eigenvalue weighted by Crippen LogP contribution is 2.29. The summed E-state index contributed by atoms with van der Waals surface area (Å²) in [6.07, 6.45) is 5.63. The number of aromatic nitrogens is 1. The van der Waals surface area contributed by atoms with Crippen molar-refractivity contribution in [3.05, 3.63) is 120 Å². The number of carbonyl (C=O) groups is 3. The molecule has 1 aliphatic carbocycles. The van der Waals surface area contributed by atoms with Crippen molar-refractivity contribution in [2.24, 2.45) is 0 Å². The Bertz CT molecular complexity index is 1210. The Morgan fingerprint density at radius 1 is 0.857 bits per heavy atom. The van der Waals surface area contributed by atoms with Crippen LogP contribution in [0.5, 0.6) is 0 Å². The summed E-state index contributed by atoms with van der Waals surface area (Å²) in [5, 5.41) is 3.04. The maximum Gasteiger partial charge on any atom is 0.209 e. The Kier molecular flexibility index (Phi) is 26.9. The third kappa shape index (κ3) is 16.0. The minimum Gasteiger partial charge on any atom is -0.352 e. The summed E-state index contributed by atoms with van der Waals surface area (Å²) in [7, 11) is 0. The van der Waals surface area contributed by atoms with Crippen LogP contribution in [-0.4, -0.2) is 23.3 Å². The quantitative estimate of drug-likeness (QED) is 0.243. The van der Waals surface area contributed by atoms with Gasteiger partial charge in [0.2, 0.25) is 5.78 Å². The first-order valence-electron chi connectivity index (χ1n) is 14.4. The lowest BCUT2D eigenvalue weighted by molar-refractivity contribution is -0.116. The van der Waals surface area contributed by atoms with Crippen molar-refractivity contribution in [3.8, 4) is 11.1 Å². The van der Waals surface area contributed by atoms with Crippen LogP contribution in [-0.2, 0) is 20.8 Å². The van der Waals surface area contributed by atoms with Gasteiger partial charge >= 0.3 is 0 Å². The van der Waals surface area contributed by atoms with E-state index in [1.54, 1.807) is 25.4 Å². The van der Waals surface area contributed by atoms with E-state index in [0.717, 1.165) is 16.8 Å². The average molecular weight is 573 g/mol. The summed E-state index contributed by atoms with van der Waals surface area (Å²) in [4.78, 5) is 34.2. The highest BCUT2D eigenvalue weighted by atomic mass is 16.1. The Morgan fingerprint density at radius 3 is 1.79 bits per heavy atom. The number of benzene rings is 2. The zero-order valence-corrected chi connectivity index (χ0v) is 27.5. The number of carbonyl (C=O) groups excluding carboxylic acids is 3. The molecule has 1 aliphatic rings. The maximum atomic E-state index is 11.3. The lowest BCUT2D eigenvalue weighted by atomic mass is 9.88. The maximum absolute atomic E-state index is 11.3. The van der Waals surface area contributed by atoms with Crippen LogP contribution in [0.25, 0.3) is 11.1 Å². The van der Waals surface area contributed by atoms with Crippen LogP contribution in [0.4, 0.5) is 5.69 Å². The van der Waals surface area contributed by atoms with Gasteiger partial charge in [-0.05, 0) is 62.1 Å². The molecular weight excluding hydrogens is 520 g/mol. The number of pyridine rings is 1. The fraction of sp³-hybridized carbons (Fsp3) is 0.297. The molecule has 0 saturated heterocycles. The third-order valence-electron chi connectivity index (χ3n) is 5.04. The number of hydrogen-bond acceptors (Lipinski definition) is 5. The molecule has 0 fully saturated rings. The van der Waals surface area contributed by atoms with Crippen molar-refractivity contribution in [1.82, 2.24) is 4.98 Å². The van der Waals surface area contributed by atoms with Crippen molar-refractivity contribution >= 4 is 24.0 Å². The fourth-order valence-electron chi connectivity index (χ4n) is 3.24. The normalized spacial score (nSPS) is 10.1. The van der Waals surface area contributed by atoms with Crippen LogP contribution in [0, 0.1) is 6.92 Å². The first-order chi connectivity index (χ1) is 20.3. The van der Waals surface area contributed by atoms with Crippen LogP contribution in [0.2, 0.25) is 0 Å². The molecule has 4 rings (SSSR count). The molecule has 0 amide bonds. The fourth-order valence-corrected chi connectivity index (χ4v) is 3.24. The predicted molar refractivity (Wildman–Crippen MR) is 183 cm³/mol. The number of anilines is 1. The second-order valence-electron chi connectivity index (χ2n) is 8.02. The summed E-state index contributed by atoms with van der Waals surface area (Å²) in [6, 6.07) is 20.3. The number of hydrogen-bond donors (Lipinski definition) is 1. The molecule has 0 atom stereocenters. The summed E-state index contributed by atoms with van der Waals surface area (Å²) >= 11 is 0. The van der Waals surface area contributed by atoms with Gasteiger partial charge in [-0.2, -0.15) is 0 Å². The Balaban J connectivity index is -0.000000549. The topological polar surface area (TPSA) is 76.1 Å². The Hall–Kier alpha value is -4.38. The van der Waals surface area contributed by atoms with E-state index in [1.807, 2.05) is 86.4 Å². The number of ketones is 2. The van der Waals surface area contributed by atoms with E-state index in [0.29, 0.717) is 17.7 Å². The van der Waals surface area contributed by atoms with Crippen LogP contribution in [0.1, 0.15) is 73.4 Å². The van der Waals surface area contributed by atoms with Gasteiger partial charge < -0.3 is 10.1 Å². The van der Waals surface area contributed by atoms with E-state index < -0.39 is 0 Å². The van der Waals surface area contributed by atoms with Gasteiger partial charge in [-0.15, -0.1) is 6.58 Å². The zero-order valence-electron chi connectivity index (χ0n) is 27.5. The van der Waals surface area contributed by atoms with E-state index in [1.165, 1.54) is 16.7 Å². The first kappa shape index (κ1) is 42.1. The molecule has 0 spiro atoms. The van der Waals surface area contributed by atoms with Crippen molar-refractivity contribution in [3.63, 3.8) is 0 Å². The molecule has 0 saturated carbocycles. The minimum atomic E-state index is -0.000637. The molecule has 2 aromatic carbocycles. The van der Waals surface area contributed by atoms with E-state index >= 15 is 0 Å². The molecule has 0 radical (unpaired) electrons. The molecule has 0 bridgehead atoms. The second kappa shape index (κ2) is 26.8. The van der Waals surface area contributed by atoms with Gasteiger partial charge in [-0.3, -0.25) is 14.6 Å². The zero-order chi connectivity index (χ0) is 33.1. The molecule has 5 nitrogen and oxygen atoms in total. The number of allylic oxidation sites excluding steroid dienone is 3. The van der Waals surface area contributed by atoms with Gasteiger partial charge in [0.25, 0.3) is 0 Å². The van der Waals surface area contributed by atoms with Gasteiger partial charge in [-0.1, -0.05) is 108 Å². The van der Waals surface area contributed by atoms with E-state index in [2.05, 4.69) is 66.8 Å². The van der Waals surface area contributed by atoms with E-state index in [-0.39, 0.29) is 11.6 Å². The number of nitrogens with one attached hydrogen (secondary N) is 1. The summed E-state index contributed by atoms with van der Waals surface area (Å²) in [5.41, 5.74) is 7.80. The van der Waals surface area contributed by atoms with Crippen LogP contribution in [0.15, 0.2) is 109 Å². The molecule has 0 aliphatic heterocycles. The molecule has 1 heterocycles. The van der Waals surface area contributed by atoms with Gasteiger partial charge in [0.05, 0.1) is 5.70 Å². The van der Waals surface area contributed by atoms with Crippen molar-refractivity contribution < 1.29 is 14.4 Å². The molecule has 1 aromatic heterocycles. The highest BCUT2D eigenvalue weighted by molar-refractivity contribution is 6.20. The standard InChI is InChI=1S/C16H16O.C11H10N2O.C3H6.3C2H6.CH2O/c1-12-4-3-5-16(10-12)15-8-6-14(7-9-15)11-13(2)17;1-7-8(2)11(14)10(7)13-9-3-5-12-6-4-9;1-3-2;4*1-2/h3-10H,11H2,1-2H3;3-6H,2H2,1H3,(H,12,13);3H,1H2,2H3;3*1-2H3;1H2. The van der Waals surface area contributed by atoms with Gasteiger partial charge in [-0.25, -0.2) is 0 Å². The van der Waals surface area contributed by atoms with Gasteiger partial charge in [0.15, 0.2) is 0 Å². The van der Waals surface area contributed by atoms with Gasteiger partial charge in [0, 0.05) is 30.1 Å².